The number of thiocarbonyl (C=S) groups is 1. The fraction of sp³-hybridized carbons (Fsp3) is 0.360. The van der Waals surface area contributed by atoms with E-state index in [0.29, 0.717) is 47.3 Å². The van der Waals surface area contributed by atoms with E-state index in [9.17, 15) is 29.5 Å². The minimum atomic E-state index is -0.987. The first-order valence-corrected chi connectivity index (χ1v) is 22.9. The molecule has 3 N–H and O–H groups in total. The summed E-state index contributed by atoms with van der Waals surface area (Å²) < 4.78 is 16.9. The topological polar surface area (TPSA) is 203 Å². The first kappa shape index (κ1) is 49.2. The molecule has 4 amide bonds. The summed E-state index contributed by atoms with van der Waals surface area (Å²) in [6.45, 7) is 9.69. The van der Waals surface area contributed by atoms with Crippen LogP contribution in [0.5, 0.6) is 5.75 Å². The number of aromatic nitrogens is 2. The van der Waals surface area contributed by atoms with E-state index in [1.165, 1.54) is 16.2 Å². The van der Waals surface area contributed by atoms with Gasteiger partial charge < -0.3 is 39.4 Å². The van der Waals surface area contributed by atoms with Gasteiger partial charge in [-0.15, -0.1) is 0 Å². The number of rotatable bonds is 17. The summed E-state index contributed by atoms with van der Waals surface area (Å²) in [6, 6.07) is 23.7. The van der Waals surface area contributed by atoms with Crippen molar-refractivity contribution in [2.75, 3.05) is 36.2 Å². The summed E-state index contributed by atoms with van der Waals surface area (Å²) in [7, 11) is 0. The lowest BCUT2D eigenvalue weighted by molar-refractivity contribution is -0.144. The summed E-state index contributed by atoms with van der Waals surface area (Å²) in [4.78, 5) is 67.1. The second-order valence-corrected chi connectivity index (χ2v) is 18.9. The molecule has 2 aliphatic heterocycles. The van der Waals surface area contributed by atoms with E-state index in [-0.39, 0.29) is 43.7 Å². The standard InChI is InChI=1S/C50H53ClN8O8S/c1-49(2,3)44(46(63)57-28-37(60)23-41(57)45(62)55-25-31-8-10-33(11-9-31)42-27-53-30-67-42)56-43(61)29-65-20-6-7-21-66-38-18-19-40(54-26-38)32-12-15-35(16-13-32)59-48(68)58(47(64)50(59,4)5)36-17-14-34(24-52)39(51)22-36/h8-19,22,26-27,30,37,41,44,60H,6-7,20-21,23,25,28-29H2,1-5H3,(H,55,62)(H,56,61)/t37-,41+,44?/m1/s1. The molecular formula is C50H53ClN8O8S. The summed E-state index contributed by atoms with van der Waals surface area (Å²) in [6.07, 6.45) is 5.07. The van der Waals surface area contributed by atoms with Crippen molar-refractivity contribution in [3.05, 3.63) is 114 Å². The predicted molar refractivity (Wildman–Crippen MR) is 259 cm³/mol. The van der Waals surface area contributed by atoms with Crippen molar-refractivity contribution in [3.8, 4) is 34.4 Å². The van der Waals surface area contributed by atoms with Gasteiger partial charge in [-0.25, -0.2) is 4.98 Å². The number of ether oxygens (including phenoxy) is 2. The van der Waals surface area contributed by atoms with E-state index >= 15 is 0 Å². The van der Waals surface area contributed by atoms with Gasteiger partial charge in [0.25, 0.3) is 5.91 Å². The number of aliphatic hydroxyl groups excluding tert-OH is 1. The summed E-state index contributed by atoms with van der Waals surface area (Å²) >= 11 is 12.1. The van der Waals surface area contributed by atoms with E-state index < -0.39 is 46.9 Å². The molecule has 0 bridgehead atoms. The van der Waals surface area contributed by atoms with Gasteiger partial charge in [0, 0.05) is 42.9 Å². The lowest BCUT2D eigenvalue weighted by Crippen LogP contribution is -2.58. The molecule has 1 unspecified atom stereocenters. The zero-order valence-electron chi connectivity index (χ0n) is 38.4. The van der Waals surface area contributed by atoms with Crippen molar-refractivity contribution >= 4 is 63.9 Å². The lowest BCUT2D eigenvalue weighted by atomic mass is 9.85. The average Bonchev–Trinajstić information content (AvgIpc) is 4.04. The highest BCUT2D eigenvalue weighted by molar-refractivity contribution is 7.81. The van der Waals surface area contributed by atoms with Crippen LogP contribution < -0.4 is 25.2 Å². The third-order valence-corrected chi connectivity index (χ3v) is 12.4. The normalized spacial score (nSPS) is 17.2. The molecule has 0 radical (unpaired) electrons. The first-order valence-electron chi connectivity index (χ1n) is 22.1. The Kier molecular flexibility index (Phi) is 15.2. The second kappa shape index (κ2) is 21.1. The van der Waals surface area contributed by atoms with Gasteiger partial charge in [-0.3, -0.25) is 29.1 Å². The quantitative estimate of drug-likeness (QED) is 0.0647. The number of oxazole rings is 1. The van der Waals surface area contributed by atoms with Crippen LogP contribution in [0.3, 0.4) is 0 Å². The number of carbonyl (C=O) groups is 4. The van der Waals surface area contributed by atoms with Crippen LogP contribution in [-0.2, 0) is 30.5 Å². The van der Waals surface area contributed by atoms with Crippen LogP contribution in [0.2, 0.25) is 5.02 Å². The molecule has 7 rings (SSSR count). The summed E-state index contributed by atoms with van der Waals surface area (Å²) in [5, 5.41) is 26.0. The number of hydrogen-bond acceptors (Lipinski definition) is 12. The van der Waals surface area contributed by atoms with Crippen LogP contribution >= 0.6 is 23.8 Å². The van der Waals surface area contributed by atoms with Crippen LogP contribution in [0, 0.1) is 16.7 Å². The van der Waals surface area contributed by atoms with Gasteiger partial charge >= 0.3 is 0 Å². The number of nitriles is 1. The van der Waals surface area contributed by atoms with Gasteiger partial charge in [0.2, 0.25) is 17.7 Å². The van der Waals surface area contributed by atoms with Crippen molar-refractivity contribution in [2.24, 2.45) is 5.41 Å². The highest BCUT2D eigenvalue weighted by Crippen LogP contribution is 2.38. The molecule has 68 heavy (non-hydrogen) atoms. The number of halogens is 1. The Morgan fingerprint density at radius 2 is 1.71 bits per heavy atom. The Balaban J connectivity index is 0.831. The molecule has 4 heterocycles. The number of nitrogens with zero attached hydrogens (tertiary/aromatic N) is 6. The molecule has 18 heteroatoms. The minimum Gasteiger partial charge on any atom is -0.492 e. The molecule has 2 saturated heterocycles. The number of amides is 4. The van der Waals surface area contributed by atoms with E-state index in [1.807, 2.05) is 87.5 Å². The molecule has 16 nitrogen and oxygen atoms in total. The zero-order valence-corrected chi connectivity index (χ0v) is 40.0. The number of unbranched alkanes of at least 4 members (excludes halogenated alkanes) is 1. The minimum absolute atomic E-state index is 0.0309. The Bertz CT molecular complexity index is 2670. The second-order valence-electron chi connectivity index (χ2n) is 18.2. The van der Waals surface area contributed by atoms with Crippen LogP contribution in [0.4, 0.5) is 11.4 Å². The average molecular weight is 962 g/mol. The van der Waals surface area contributed by atoms with E-state index in [1.54, 1.807) is 49.3 Å². The van der Waals surface area contributed by atoms with Crippen molar-refractivity contribution in [1.82, 2.24) is 25.5 Å². The van der Waals surface area contributed by atoms with Crippen LogP contribution in [0.25, 0.3) is 22.6 Å². The third kappa shape index (κ3) is 11.2. The molecule has 354 valence electrons. The SMILES string of the molecule is CC(C)(C)C(NC(=O)COCCCCOc1ccc(-c2ccc(N3C(=S)N(c4ccc(C#N)c(Cl)c4)C(=O)C3(C)C)cc2)nc1)C(=O)N1C[C@H](O)C[C@H]1C(=O)NCc1ccc(-c2cnco2)cc1. The number of β-amino-alcohol motifs (C(OH)–C–C–N with tert-alkyl or cyclic N) is 1. The van der Waals surface area contributed by atoms with Gasteiger partial charge in [-0.2, -0.15) is 5.26 Å². The van der Waals surface area contributed by atoms with Crippen LogP contribution in [-0.4, -0.2) is 98.8 Å². The first-order chi connectivity index (χ1) is 32.5. The maximum absolute atomic E-state index is 14.0. The number of aliphatic hydroxyl groups is 1. The van der Waals surface area contributed by atoms with Crippen molar-refractivity contribution in [1.29, 1.82) is 5.26 Å². The number of likely N-dealkylation sites (tertiary alicyclic amines) is 1. The predicted octanol–water partition coefficient (Wildman–Crippen LogP) is 6.83. The molecule has 2 fully saturated rings. The molecule has 5 aromatic rings. The van der Waals surface area contributed by atoms with E-state index in [4.69, 9.17) is 37.7 Å². The fourth-order valence-electron chi connectivity index (χ4n) is 8.04. The monoisotopic (exact) mass is 960 g/mol. The van der Waals surface area contributed by atoms with Gasteiger partial charge in [0.15, 0.2) is 17.3 Å². The highest BCUT2D eigenvalue weighted by atomic mass is 35.5. The summed E-state index contributed by atoms with van der Waals surface area (Å²) in [5.41, 5.74) is 3.08. The van der Waals surface area contributed by atoms with E-state index in [2.05, 4.69) is 20.6 Å². The molecule has 3 atom stereocenters. The Hall–Kier alpha value is -6.71. The molecular weight excluding hydrogens is 908 g/mol. The number of carbonyl (C=O) groups excluding carboxylic acids is 4. The van der Waals surface area contributed by atoms with Gasteiger partial charge in [0.05, 0.1) is 47.1 Å². The Labute approximate surface area is 405 Å². The number of anilines is 2. The number of pyridine rings is 1. The van der Waals surface area contributed by atoms with Crippen molar-refractivity contribution in [2.45, 2.75) is 84.2 Å². The third-order valence-electron chi connectivity index (χ3n) is 11.8. The zero-order chi connectivity index (χ0) is 48.8. The molecule has 0 aliphatic carbocycles. The maximum Gasteiger partial charge on any atom is 0.259 e. The van der Waals surface area contributed by atoms with Crippen LogP contribution in [0.15, 0.2) is 102 Å². The highest BCUT2D eigenvalue weighted by Gasteiger charge is 2.50. The number of hydrogen-bond donors (Lipinski definition) is 3. The largest absolute Gasteiger partial charge is 0.492 e. The summed E-state index contributed by atoms with van der Waals surface area (Å²) in [5.74, 6) is -0.326. The van der Waals surface area contributed by atoms with Crippen molar-refractivity contribution in [3.63, 3.8) is 0 Å². The Morgan fingerprint density at radius 3 is 2.35 bits per heavy atom. The van der Waals surface area contributed by atoms with Crippen LogP contribution in [0.1, 0.15) is 65.0 Å². The van der Waals surface area contributed by atoms with Gasteiger partial charge in [-0.1, -0.05) is 68.8 Å². The van der Waals surface area contributed by atoms with Gasteiger partial charge in [0.1, 0.15) is 36.0 Å². The van der Waals surface area contributed by atoms with Crippen molar-refractivity contribution < 1.29 is 38.2 Å². The smallest absolute Gasteiger partial charge is 0.259 e. The van der Waals surface area contributed by atoms with Gasteiger partial charge in [-0.05, 0) is 92.4 Å². The maximum atomic E-state index is 14.0. The number of nitrogens with one attached hydrogen (secondary N) is 2. The molecule has 2 aliphatic rings. The Morgan fingerprint density at radius 1 is 1.00 bits per heavy atom. The molecule has 2 aromatic heterocycles. The number of benzene rings is 3. The van der Waals surface area contributed by atoms with E-state index in [0.717, 1.165) is 28.1 Å². The molecule has 0 spiro atoms. The molecule has 3 aromatic carbocycles. The lowest BCUT2D eigenvalue weighted by Gasteiger charge is -2.35. The molecule has 0 saturated carbocycles. The fourth-order valence-corrected chi connectivity index (χ4v) is 8.78.